The van der Waals surface area contributed by atoms with Crippen LogP contribution in [0.4, 0.5) is 9.18 Å². The summed E-state index contributed by atoms with van der Waals surface area (Å²) in [7, 11) is 0. The Morgan fingerprint density at radius 1 is 1.05 bits per heavy atom. The molecular weight excluding hydrogens is 283 g/mol. The van der Waals surface area contributed by atoms with Gasteiger partial charge in [0.2, 0.25) is 0 Å². The molecule has 1 N–H and O–H groups in total. The molecule has 2 aromatic rings. The number of halogens is 1. The largest absolute Gasteiger partial charge is 0.325 e. The third-order valence-corrected chi connectivity index (χ3v) is 3.88. The minimum absolute atomic E-state index is 0.211. The van der Waals surface area contributed by atoms with Crippen LogP contribution in [0, 0.1) is 5.82 Å². The van der Waals surface area contributed by atoms with E-state index in [-0.39, 0.29) is 18.3 Å². The summed E-state index contributed by atoms with van der Waals surface area (Å²) >= 11 is 0. The number of hydrogen-bond acceptors (Lipinski definition) is 2. The molecule has 1 aliphatic rings. The summed E-state index contributed by atoms with van der Waals surface area (Å²) in [6, 6.07) is 14.4. The minimum Gasteiger partial charge on any atom is -0.319 e. The van der Waals surface area contributed by atoms with E-state index in [4.69, 9.17) is 0 Å². The highest BCUT2D eigenvalue weighted by atomic mass is 19.1. The highest BCUT2D eigenvalue weighted by molar-refractivity contribution is 6.07. The molecule has 1 aliphatic heterocycles. The van der Waals surface area contributed by atoms with Crippen molar-refractivity contribution in [2.45, 2.75) is 19.0 Å². The number of rotatable bonds is 3. The zero-order valence-corrected chi connectivity index (χ0v) is 12.0. The van der Waals surface area contributed by atoms with Gasteiger partial charge in [-0.05, 0) is 30.2 Å². The van der Waals surface area contributed by atoms with Crippen LogP contribution in [0.2, 0.25) is 0 Å². The summed E-state index contributed by atoms with van der Waals surface area (Å²) in [5.74, 6) is -0.724. The number of benzene rings is 2. The van der Waals surface area contributed by atoms with E-state index in [1.807, 2.05) is 30.3 Å². The molecular formula is C17H15FN2O2. The second-order valence-corrected chi connectivity index (χ2v) is 5.44. The van der Waals surface area contributed by atoms with Gasteiger partial charge in [0, 0.05) is 0 Å². The lowest BCUT2D eigenvalue weighted by atomic mass is 9.92. The Labute approximate surface area is 127 Å². The number of nitrogens with zero attached hydrogens (tertiary/aromatic N) is 1. The maximum Gasteiger partial charge on any atom is 0.325 e. The molecule has 5 heteroatoms. The van der Waals surface area contributed by atoms with Gasteiger partial charge in [0.25, 0.3) is 5.91 Å². The van der Waals surface area contributed by atoms with Gasteiger partial charge in [-0.2, -0.15) is 0 Å². The smallest absolute Gasteiger partial charge is 0.319 e. The Kier molecular flexibility index (Phi) is 3.41. The fourth-order valence-electron chi connectivity index (χ4n) is 2.59. The first kappa shape index (κ1) is 14.3. The third-order valence-electron chi connectivity index (χ3n) is 3.88. The molecule has 0 aromatic heterocycles. The van der Waals surface area contributed by atoms with Crippen molar-refractivity contribution in [1.29, 1.82) is 0 Å². The molecule has 22 heavy (non-hydrogen) atoms. The molecule has 0 bridgehead atoms. The second kappa shape index (κ2) is 5.26. The first-order chi connectivity index (χ1) is 10.5. The van der Waals surface area contributed by atoms with Crippen LogP contribution in [0.25, 0.3) is 0 Å². The minimum atomic E-state index is -1.17. The van der Waals surface area contributed by atoms with Crippen molar-refractivity contribution in [2.24, 2.45) is 0 Å². The van der Waals surface area contributed by atoms with Crippen molar-refractivity contribution in [3.05, 3.63) is 71.5 Å². The first-order valence-corrected chi connectivity index (χ1v) is 6.95. The molecule has 3 rings (SSSR count). The SMILES string of the molecule is C[C@@]1(c2ccc(F)cc2)NC(=O)N(Cc2ccccc2)C1=O. The average Bonchev–Trinajstić information content (AvgIpc) is 2.73. The Morgan fingerprint density at radius 3 is 2.32 bits per heavy atom. The van der Waals surface area contributed by atoms with E-state index >= 15 is 0 Å². The van der Waals surface area contributed by atoms with Gasteiger partial charge in [-0.25, -0.2) is 9.18 Å². The van der Waals surface area contributed by atoms with Crippen molar-refractivity contribution in [3.8, 4) is 0 Å². The molecule has 0 spiro atoms. The average molecular weight is 298 g/mol. The number of carbonyl (C=O) groups excluding carboxylic acids is 2. The molecule has 3 amide bonds. The van der Waals surface area contributed by atoms with Crippen molar-refractivity contribution in [1.82, 2.24) is 10.2 Å². The fourth-order valence-corrected chi connectivity index (χ4v) is 2.59. The topological polar surface area (TPSA) is 49.4 Å². The number of carbonyl (C=O) groups is 2. The van der Waals surface area contributed by atoms with Gasteiger partial charge >= 0.3 is 6.03 Å². The lowest BCUT2D eigenvalue weighted by Gasteiger charge is -2.22. The monoisotopic (exact) mass is 298 g/mol. The quantitative estimate of drug-likeness (QED) is 0.886. The number of imide groups is 1. The Morgan fingerprint density at radius 2 is 1.68 bits per heavy atom. The zero-order chi connectivity index (χ0) is 15.7. The van der Waals surface area contributed by atoms with E-state index < -0.39 is 11.6 Å². The summed E-state index contributed by atoms with van der Waals surface area (Å²) in [4.78, 5) is 26.0. The van der Waals surface area contributed by atoms with Gasteiger partial charge in [-0.1, -0.05) is 42.5 Å². The van der Waals surface area contributed by atoms with Gasteiger partial charge in [0.15, 0.2) is 0 Å². The lowest BCUT2D eigenvalue weighted by Crippen LogP contribution is -2.40. The summed E-state index contributed by atoms with van der Waals surface area (Å²) in [6.45, 7) is 1.84. The van der Waals surface area contributed by atoms with Crippen molar-refractivity contribution in [3.63, 3.8) is 0 Å². The normalized spacial score (nSPS) is 21.1. The molecule has 0 aliphatic carbocycles. The summed E-state index contributed by atoms with van der Waals surface area (Å²) in [5.41, 5.74) is 0.261. The molecule has 0 radical (unpaired) electrons. The van der Waals surface area contributed by atoms with E-state index in [2.05, 4.69) is 5.32 Å². The van der Waals surface area contributed by atoms with Crippen LogP contribution in [0.15, 0.2) is 54.6 Å². The van der Waals surface area contributed by atoms with Crippen LogP contribution < -0.4 is 5.32 Å². The predicted octanol–water partition coefficient (Wildman–Crippen LogP) is 2.79. The summed E-state index contributed by atoms with van der Waals surface area (Å²) < 4.78 is 13.1. The van der Waals surface area contributed by atoms with E-state index in [0.29, 0.717) is 5.56 Å². The van der Waals surface area contributed by atoms with Gasteiger partial charge < -0.3 is 5.32 Å². The molecule has 4 nitrogen and oxygen atoms in total. The van der Waals surface area contributed by atoms with Crippen LogP contribution in [-0.4, -0.2) is 16.8 Å². The van der Waals surface area contributed by atoms with Crippen LogP contribution in [0.1, 0.15) is 18.1 Å². The summed E-state index contributed by atoms with van der Waals surface area (Å²) in [6.07, 6.45) is 0. The molecule has 112 valence electrons. The number of nitrogens with one attached hydrogen (secondary N) is 1. The summed E-state index contributed by atoms with van der Waals surface area (Å²) in [5, 5.41) is 2.70. The molecule has 1 heterocycles. The predicted molar refractivity (Wildman–Crippen MR) is 79.3 cm³/mol. The second-order valence-electron chi connectivity index (χ2n) is 5.44. The molecule has 0 unspecified atom stereocenters. The maximum absolute atomic E-state index is 13.1. The molecule has 0 saturated carbocycles. The number of urea groups is 1. The first-order valence-electron chi connectivity index (χ1n) is 6.95. The van der Waals surface area contributed by atoms with E-state index in [9.17, 15) is 14.0 Å². The number of amides is 3. The van der Waals surface area contributed by atoms with Crippen LogP contribution in [0.5, 0.6) is 0 Å². The van der Waals surface area contributed by atoms with E-state index in [1.165, 1.54) is 29.2 Å². The van der Waals surface area contributed by atoms with Crippen molar-refractivity contribution in [2.75, 3.05) is 0 Å². The van der Waals surface area contributed by atoms with E-state index in [1.54, 1.807) is 6.92 Å². The van der Waals surface area contributed by atoms with Gasteiger partial charge in [-0.3, -0.25) is 9.69 Å². The maximum atomic E-state index is 13.1. The Hall–Kier alpha value is -2.69. The van der Waals surface area contributed by atoms with Crippen LogP contribution in [0.3, 0.4) is 0 Å². The standard InChI is InChI=1S/C17H15FN2O2/c1-17(13-7-9-14(18)10-8-13)15(21)20(16(22)19-17)11-12-5-3-2-4-6-12/h2-10H,11H2,1H3,(H,19,22)/t17-/m0/s1. The molecule has 2 aromatic carbocycles. The van der Waals surface area contributed by atoms with Crippen molar-refractivity contribution >= 4 is 11.9 Å². The van der Waals surface area contributed by atoms with Crippen LogP contribution in [-0.2, 0) is 16.9 Å². The Bertz CT molecular complexity index is 715. The molecule has 1 fully saturated rings. The molecule has 1 atom stereocenters. The lowest BCUT2D eigenvalue weighted by molar-refractivity contribution is -0.131. The van der Waals surface area contributed by atoms with Crippen molar-refractivity contribution < 1.29 is 14.0 Å². The van der Waals surface area contributed by atoms with Gasteiger partial charge in [0.1, 0.15) is 11.4 Å². The van der Waals surface area contributed by atoms with Gasteiger partial charge in [0.05, 0.1) is 6.54 Å². The van der Waals surface area contributed by atoms with E-state index in [0.717, 1.165) is 5.56 Å². The highest BCUT2D eigenvalue weighted by Crippen LogP contribution is 2.29. The number of hydrogen-bond donors (Lipinski definition) is 1. The zero-order valence-electron chi connectivity index (χ0n) is 12.0. The van der Waals surface area contributed by atoms with Crippen LogP contribution >= 0.6 is 0 Å². The third kappa shape index (κ3) is 2.35. The molecule has 1 saturated heterocycles. The van der Waals surface area contributed by atoms with Gasteiger partial charge in [-0.15, -0.1) is 0 Å². The highest BCUT2D eigenvalue weighted by Gasteiger charge is 2.48. The fraction of sp³-hybridized carbons (Fsp3) is 0.176. The Balaban J connectivity index is 1.89.